The average molecular weight is 249 g/mol. The molecule has 1 atom stereocenters. The fourth-order valence-corrected chi connectivity index (χ4v) is 2.49. The molecule has 0 saturated heterocycles. The van der Waals surface area contributed by atoms with E-state index < -0.39 is 0 Å². The van der Waals surface area contributed by atoms with Gasteiger partial charge >= 0.3 is 0 Å². The number of methoxy groups -OCH3 is 2. The molecule has 1 heterocycles. The number of nitrogens with one attached hydrogen (secondary N) is 1. The van der Waals surface area contributed by atoms with Crippen molar-refractivity contribution in [2.75, 3.05) is 20.8 Å². The van der Waals surface area contributed by atoms with E-state index in [1.807, 2.05) is 6.07 Å². The zero-order chi connectivity index (χ0) is 13.3. The summed E-state index contributed by atoms with van der Waals surface area (Å²) in [6, 6.07) is 3.64. The number of ether oxygens (including phenoxy) is 2. The zero-order valence-corrected chi connectivity index (χ0v) is 11.2. The normalized spacial score (nSPS) is 18.3. The molecule has 1 aliphatic rings. The Bertz CT molecular complexity index is 468. The molecule has 0 aliphatic carbocycles. The minimum Gasteiger partial charge on any atom is -0.496 e. The van der Waals surface area contributed by atoms with Crippen LogP contribution in [0.1, 0.15) is 35.7 Å². The molecule has 0 aromatic heterocycles. The van der Waals surface area contributed by atoms with Gasteiger partial charge in [0.15, 0.2) is 0 Å². The number of hydrogen-bond acceptors (Lipinski definition) is 3. The van der Waals surface area contributed by atoms with Gasteiger partial charge in [-0.25, -0.2) is 0 Å². The Morgan fingerprint density at radius 1 is 1.22 bits per heavy atom. The highest BCUT2D eigenvalue weighted by atomic mass is 16.5. The van der Waals surface area contributed by atoms with E-state index in [-0.39, 0.29) is 11.8 Å². The van der Waals surface area contributed by atoms with Gasteiger partial charge in [-0.2, -0.15) is 0 Å². The van der Waals surface area contributed by atoms with Crippen LogP contribution in [0.5, 0.6) is 11.5 Å². The van der Waals surface area contributed by atoms with Crippen molar-refractivity contribution in [3.63, 3.8) is 0 Å². The third-order valence-corrected chi connectivity index (χ3v) is 3.49. The first-order valence-electron chi connectivity index (χ1n) is 6.13. The van der Waals surface area contributed by atoms with E-state index in [2.05, 4.69) is 19.2 Å². The van der Waals surface area contributed by atoms with E-state index >= 15 is 0 Å². The van der Waals surface area contributed by atoms with E-state index in [1.54, 1.807) is 20.3 Å². The molecule has 1 amide bonds. The first kappa shape index (κ1) is 12.7. The topological polar surface area (TPSA) is 47.6 Å². The Labute approximate surface area is 107 Å². The minimum atomic E-state index is -0.0855. The van der Waals surface area contributed by atoms with Crippen LogP contribution in [0.15, 0.2) is 12.1 Å². The smallest absolute Gasteiger partial charge is 0.255 e. The van der Waals surface area contributed by atoms with Gasteiger partial charge in [0.05, 0.1) is 19.8 Å². The first-order valence-corrected chi connectivity index (χ1v) is 6.13. The van der Waals surface area contributed by atoms with Crippen molar-refractivity contribution in [1.29, 1.82) is 0 Å². The number of carbonyl (C=O) groups excluding carboxylic acids is 1. The molecule has 98 valence electrons. The summed E-state index contributed by atoms with van der Waals surface area (Å²) in [6.07, 6.45) is 0. The first-order chi connectivity index (χ1) is 8.60. The summed E-state index contributed by atoms with van der Waals surface area (Å²) >= 11 is 0. The van der Waals surface area contributed by atoms with Gasteiger partial charge in [-0.1, -0.05) is 13.8 Å². The fourth-order valence-electron chi connectivity index (χ4n) is 2.49. The molecule has 0 fully saturated rings. The highest BCUT2D eigenvalue weighted by Gasteiger charge is 2.33. The Morgan fingerprint density at radius 2 is 1.83 bits per heavy atom. The summed E-state index contributed by atoms with van der Waals surface area (Å²) in [5, 5.41) is 2.92. The summed E-state index contributed by atoms with van der Waals surface area (Å²) in [5.41, 5.74) is 1.58. The van der Waals surface area contributed by atoms with E-state index in [4.69, 9.17) is 9.47 Å². The molecule has 0 radical (unpaired) electrons. The third kappa shape index (κ3) is 1.92. The van der Waals surface area contributed by atoms with Gasteiger partial charge in [0.1, 0.15) is 11.5 Å². The van der Waals surface area contributed by atoms with Crippen LogP contribution in [0.3, 0.4) is 0 Å². The Kier molecular flexibility index (Phi) is 3.45. The maximum absolute atomic E-state index is 12.1. The van der Waals surface area contributed by atoms with Crippen LogP contribution in [0.25, 0.3) is 0 Å². The van der Waals surface area contributed by atoms with E-state index in [9.17, 15) is 4.79 Å². The third-order valence-electron chi connectivity index (χ3n) is 3.49. The maximum Gasteiger partial charge on any atom is 0.255 e. The van der Waals surface area contributed by atoms with E-state index in [1.165, 1.54) is 0 Å². The van der Waals surface area contributed by atoms with Crippen molar-refractivity contribution in [2.45, 2.75) is 19.8 Å². The molecule has 1 aromatic rings. The van der Waals surface area contributed by atoms with E-state index in [0.717, 1.165) is 11.3 Å². The van der Waals surface area contributed by atoms with Crippen molar-refractivity contribution >= 4 is 5.91 Å². The lowest BCUT2D eigenvalue weighted by molar-refractivity contribution is 0.0931. The number of amides is 1. The second kappa shape index (κ2) is 4.88. The molecule has 18 heavy (non-hydrogen) atoms. The van der Waals surface area contributed by atoms with Gasteiger partial charge in [-0.15, -0.1) is 0 Å². The molecule has 1 aliphatic heterocycles. The molecule has 1 N–H and O–H groups in total. The molecule has 4 heteroatoms. The molecule has 1 unspecified atom stereocenters. The summed E-state index contributed by atoms with van der Waals surface area (Å²) in [4.78, 5) is 12.1. The second-order valence-corrected chi connectivity index (χ2v) is 4.82. The Hall–Kier alpha value is -1.71. The van der Waals surface area contributed by atoms with Crippen LogP contribution in [-0.2, 0) is 0 Å². The van der Waals surface area contributed by atoms with Gasteiger partial charge < -0.3 is 14.8 Å². The minimum absolute atomic E-state index is 0.0855. The van der Waals surface area contributed by atoms with Crippen LogP contribution in [0.4, 0.5) is 0 Å². The highest BCUT2D eigenvalue weighted by molar-refractivity contribution is 6.00. The molecule has 0 bridgehead atoms. The number of rotatable bonds is 3. The van der Waals surface area contributed by atoms with Crippen molar-refractivity contribution in [1.82, 2.24) is 5.32 Å². The number of fused-ring (bicyclic) bond motifs is 1. The second-order valence-electron chi connectivity index (χ2n) is 4.82. The summed E-state index contributed by atoms with van der Waals surface area (Å²) in [6.45, 7) is 4.93. The van der Waals surface area contributed by atoms with Crippen LogP contribution >= 0.6 is 0 Å². The van der Waals surface area contributed by atoms with Crippen molar-refractivity contribution < 1.29 is 14.3 Å². The van der Waals surface area contributed by atoms with Gasteiger partial charge in [-0.05, 0) is 18.1 Å². The fraction of sp³-hybridized carbons (Fsp3) is 0.500. The molecular weight excluding hydrogens is 230 g/mol. The average Bonchev–Trinajstić information content (AvgIpc) is 2.37. The monoisotopic (exact) mass is 249 g/mol. The predicted octanol–water partition coefficient (Wildman–Crippen LogP) is 2.19. The molecule has 0 spiro atoms. The summed E-state index contributed by atoms with van der Waals surface area (Å²) in [5.74, 6) is 1.96. The molecule has 0 saturated carbocycles. The van der Waals surface area contributed by atoms with Crippen molar-refractivity contribution in [3.8, 4) is 11.5 Å². The van der Waals surface area contributed by atoms with Crippen LogP contribution in [0.2, 0.25) is 0 Å². The summed E-state index contributed by atoms with van der Waals surface area (Å²) in [7, 11) is 3.21. The maximum atomic E-state index is 12.1. The Balaban J connectivity index is 2.67. The predicted molar refractivity (Wildman–Crippen MR) is 69.5 cm³/mol. The standard InChI is InChI=1S/C14H19NO3/c1-8(2)9-7-15-14(16)13-11(18-4)6-5-10(17-3)12(9)13/h5-6,8-9H,7H2,1-4H3,(H,15,16). The Morgan fingerprint density at radius 3 is 2.39 bits per heavy atom. The quantitative estimate of drug-likeness (QED) is 0.893. The van der Waals surface area contributed by atoms with E-state index in [0.29, 0.717) is 23.8 Å². The zero-order valence-electron chi connectivity index (χ0n) is 11.2. The van der Waals surface area contributed by atoms with Crippen molar-refractivity contribution in [2.24, 2.45) is 5.92 Å². The lowest BCUT2D eigenvalue weighted by Crippen LogP contribution is -2.37. The number of carbonyl (C=O) groups is 1. The van der Waals surface area contributed by atoms with Gasteiger partial charge in [0, 0.05) is 18.0 Å². The lowest BCUT2D eigenvalue weighted by Gasteiger charge is -2.31. The molecule has 2 rings (SSSR count). The van der Waals surface area contributed by atoms with Crippen LogP contribution < -0.4 is 14.8 Å². The molecule has 1 aromatic carbocycles. The van der Waals surface area contributed by atoms with Gasteiger partial charge in [0.2, 0.25) is 0 Å². The molecule has 4 nitrogen and oxygen atoms in total. The van der Waals surface area contributed by atoms with Crippen LogP contribution in [0, 0.1) is 5.92 Å². The molecular formula is C14H19NO3. The van der Waals surface area contributed by atoms with Gasteiger partial charge in [0.25, 0.3) is 5.91 Å². The van der Waals surface area contributed by atoms with Gasteiger partial charge in [-0.3, -0.25) is 4.79 Å². The van der Waals surface area contributed by atoms with Crippen molar-refractivity contribution in [3.05, 3.63) is 23.3 Å². The van der Waals surface area contributed by atoms with Crippen LogP contribution in [-0.4, -0.2) is 26.7 Å². The largest absolute Gasteiger partial charge is 0.496 e. The number of hydrogen-bond donors (Lipinski definition) is 1. The number of benzene rings is 1. The lowest BCUT2D eigenvalue weighted by atomic mass is 9.82. The summed E-state index contributed by atoms with van der Waals surface area (Å²) < 4.78 is 10.7. The SMILES string of the molecule is COc1ccc(OC)c2c1C(=O)NCC2C(C)C. The highest BCUT2D eigenvalue weighted by Crippen LogP contribution is 2.40.